The highest BCUT2D eigenvalue weighted by atomic mass is 16.5. The Labute approximate surface area is 184 Å². The van der Waals surface area contributed by atoms with Crippen LogP contribution in [-0.2, 0) is 28.7 Å². The molecule has 168 valence electrons. The van der Waals surface area contributed by atoms with Crippen LogP contribution >= 0.6 is 0 Å². The second-order valence-corrected chi connectivity index (χ2v) is 7.78. The molecule has 0 bridgehead atoms. The van der Waals surface area contributed by atoms with Gasteiger partial charge in [0, 0.05) is 30.9 Å². The van der Waals surface area contributed by atoms with Gasteiger partial charge in [-0.05, 0) is 25.5 Å². The molecule has 2 N–H and O–H groups in total. The molecule has 3 aliphatic rings. The summed E-state index contributed by atoms with van der Waals surface area (Å²) in [5, 5.41) is 6.11. The lowest BCUT2D eigenvalue weighted by molar-refractivity contribution is -0.148. The van der Waals surface area contributed by atoms with Crippen LogP contribution in [0.25, 0.3) is 0 Å². The first-order chi connectivity index (χ1) is 15.3. The van der Waals surface area contributed by atoms with Gasteiger partial charge in [-0.25, -0.2) is 0 Å². The number of likely N-dealkylation sites (tertiary alicyclic amines) is 1. The van der Waals surface area contributed by atoms with Crippen molar-refractivity contribution in [3.05, 3.63) is 41.6 Å². The van der Waals surface area contributed by atoms with E-state index in [0.717, 1.165) is 9.80 Å². The summed E-state index contributed by atoms with van der Waals surface area (Å²) in [5.41, 5.74) is 1.21. The quantitative estimate of drug-likeness (QED) is 0.474. The molecule has 0 spiro atoms. The van der Waals surface area contributed by atoms with Gasteiger partial charge in [0.2, 0.25) is 11.8 Å². The summed E-state index contributed by atoms with van der Waals surface area (Å²) in [5.74, 6) is -3.90. The molecule has 1 aromatic rings. The lowest BCUT2D eigenvalue weighted by Gasteiger charge is -2.23. The van der Waals surface area contributed by atoms with Gasteiger partial charge in [0.15, 0.2) is 0 Å². The normalized spacial score (nSPS) is 27.2. The second-order valence-electron chi connectivity index (χ2n) is 7.78. The van der Waals surface area contributed by atoms with Crippen molar-refractivity contribution in [2.45, 2.75) is 25.9 Å². The Morgan fingerprint density at radius 1 is 1.03 bits per heavy atom. The Kier molecular flexibility index (Phi) is 5.55. The highest BCUT2D eigenvalue weighted by Crippen LogP contribution is 2.46. The van der Waals surface area contributed by atoms with Gasteiger partial charge in [-0.1, -0.05) is 18.2 Å². The second kappa shape index (κ2) is 8.19. The number of fused-ring (bicyclic) bond motifs is 1. The van der Waals surface area contributed by atoms with E-state index in [4.69, 9.17) is 4.74 Å². The number of likely N-dealkylation sites (N-methyl/N-ethyl adjacent to an activating group) is 1. The van der Waals surface area contributed by atoms with Crippen LogP contribution in [0.3, 0.4) is 0 Å². The molecule has 32 heavy (non-hydrogen) atoms. The Balaban J connectivity index is 1.71. The molecule has 0 unspecified atom stereocenters. The number of hydrogen-bond acceptors (Lipinski definition) is 8. The maximum Gasteiger partial charge on any atom is 0.323 e. The zero-order valence-electron chi connectivity index (χ0n) is 18.0. The van der Waals surface area contributed by atoms with Crippen molar-refractivity contribution in [2.24, 2.45) is 11.8 Å². The maximum atomic E-state index is 13.1. The lowest BCUT2D eigenvalue weighted by atomic mass is 9.86. The van der Waals surface area contributed by atoms with Crippen LogP contribution in [0.4, 0.5) is 5.69 Å². The van der Waals surface area contributed by atoms with Crippen molar-refractivity contribution in [3.8, 4) is 0 Å². The summed E-state index contributed by atoms with van der Waals surface area (Å²) in [6.07, 6.45) is 1.23. The van der Waals surface area contributed by atoms with E-state index < -0.39 is 47.6 Å². The molecule has 2 fully saturated rings. The minimum atomic E-state index is -0.972. The fourth-order valence-corrected chi connectivity index (χ4v) is 4.74. The lowest BCUT2D eigenvalue weighted by Crippen LogP contribution is -2.43. The summed E-state index contributed by atoms with van der Waals surface area (Å²) in [7, 11) is 1.23. The fourth-order valence-electron chi connectivity index (χ4n) is 4.74. The van der Waals surface area contributed by atoms with Gasteiger partial charge < -0.3 is 10.1 Å². The number of imide groups is 2. The zero-order chi connectivity index (χ0) is 23.2. The van der Waals surface area contributed by atoms with Crippen molar-refractivity contribution in [3.63, 3.8) is 0 Å². The fraction of sp³-hybridized carbons (Fsp3) is 0.409. The number of carbonyl (C=O) groups excluding carboxylic acids is 5. The summed E-state index contributed by atoms with van der Waals surface area (Å²) < 4.78 is 4.87. The summed E-state index contributed by atoms with van der Waals surface area (Å²) in [6.45, 7) is 3.87. The standard InChI is InChI=1S/C22H24N4O6/c1-4-25-14(27)10-13(19(25)28)23-12-9-7-6-8-11(12)17-15-16(18(24-17)22(31)32-3)21(30)26(5-2)20(15)29/h6-10,15-18,23-24H,4-5H2,1-3H3/t15-,16+,17-,18-/m1/s1. The zero-order valence-corrected chi connectivity index (χ0v) is 18.0. The molecule has 0 aliphatic carbocycles. The van der Waals surface area contributed by atoms with E-state index in [-0.39, 0.29) is 24.7 Å². The van der Waals surface area contributed by atoms with E-state index in [1.54, 1.807) is 38.1 Å². The van der Waals surface area contributed by atoms with Crippen molar-refractivity contribution in [1.82, 2.24) is 15.1 Å². The largest absolute Gasteiger partial charge is 0.468 e. The van der Waals surface area contributed by atoms with Gasteiger partial charge in [-0.3, -0.25) is 39.1 Å². The number of para-hydroxylation sites is 1. The van der Waals surface area contributed by atoms with Gasteiger partial charge in [0.25, 0.3) is 11.8 Å². The third-order valence-electron chi connectivity index (χ3n) is 6.23. The molecule has 4 rings (SSSR count). The number of amides is 4. The molecule has 0 aromatic heterocycles. The number of rotatable bonds is 6. The predicted molar refractivity (Wildman–Crippen MR) is 112 cm³/mol. The highest BCUT2D eigenvalue weighted by Gasteiger charge is 2.61. The van der Waals surface area contributed by atoms with Gasteiger partial charge in [-0.15, -0.1) is 0 Å². The Morgan fingerprint density at radius 2 is 1.69 bits per heavy atom. The maximum absolute atomic E-state index is 13.1. The Morgan fingerprint density at radius 3 is 2.31 bits per heavy atom. The van der Waals surface area contributed by atoms with E-state index in [1.807, 2.05) is 0 Å². The first-order valence-electron chi connectivity index (χ1n) is 10.5. The Hall–Kier alpha value is -3.53. The smallest absolute Gasteiger partial charge is 0.323 e. The SMILES string of the molecule is CCN1C(=O)C=C(Nc2ccccc2[C@H]2N[C@@H](C(=O)OC)[C@H]3C(=O)N(CC)C(=O)[C@H]32)C1=O. The number of anilines is 1. The molecule has 10 heteroatoms. The van der Waals surface area contributed by atoms with E-state index in [9.17, 15) is 24.0 Å². The van der Waals surface area contributed by atoms with Gasteiger partial charge >= 0.3 is 5.97 Å². The average molecular weight is 440 g/mol. The molecule has 4 amide bonds. The highest BCUT2D eigenvalue weighted by molar-refractivity contribution is 6.17. The van der Waals surface area contributed by atoms with Crippen LogP contribution in [0.1, 0.15) is 25.5 Å². The number of nitrogens with one attached hydrogen (secondary N) is 2. The Bertz CT molecular complexity index is 1050. The van der Waals surface area contributed by atoms with Crippen LogP contribution in [0.2, 0.25) is 0 Å². The van der Waals surface area contributed by atoms with E-state index in [2.05, 4.69) is 10.6 Å². The first-order valence-corrected chi connectivity index (χ1v) is 10.5. The molecule has 0 radical (unpaired) electrons. The summed E-state index contributed by atoms with van der Waals surface area (Å²) >= 11 is 0. The van der Waals surface area contributed by atoms with Crippen molar-refractivity contribution in [1.29, 1.82) is 0 Å². The molecular formula is C22H24N4O6. The molecule has 0 saturated carbocycles. The molecule has 4 atom stereocenters. The molecule has 3 heterocycles. The summed E-state index contributed by atoms with van der Waals surface area (Å²) in [6, 6.07) is 5.33. The third kappa shape index (κ3) is 3.18. The molecule has 1 aromatic carbocycles. The molecule has 10 nitrogen and oxygen atoms in total. The van der Waals surface area contributed by atoms with Crippen molar-refractivity contribution >= 4 is 35.3 Å². The van der Waals surface area contributed by atoms with Gasteiger partial charge in [0.05, 0.1) is 18.9 Å². The van der Waals surface area contributed by atoms with Crippen LogP contribution in [-0.4, -0.2) is 65.6 Å². The number of benzene rings is 1. The third-order valence-corrected chi connectivity index (χ3v) is 6.23. The average Bonchev–Trinajstić information content (AvgIpc) is 3.39. The first kappa shape index (κ1) is 21.7. The number of esters is 1. The number of carbonyl (C=O) groups is 5. The molecular weight excluding hydrogens is 416 g/mol. The number of nitrogens with zero attached hydrogens (tertiary/aromatic N) is 2. The predicted octanol–water partition coefficient (Wildman–Crippen LogP) is 0.178. The van der Waals surface area contributed by atoms with E-state index in [1.165, 1.54) is 13.2 Å². The number of ether oxygens (including phenoxy) is 1. The minimum Gasteiger partial charge on any atom is -0.468 e. The van der Waals surface area contributed by atoms with Crippen molar-refractivity contribution < 1.29 is 28.7 Å². The van der Waals surface area contributed by atoms with Crippen molar-refractivity contribution in [2.75, 3.05) is 25.5 Å². The molecule has 2 saturated heterocycles. The topological polar surface area (TPSA) is 125 Å². The number of methoxy groups -OCH3 is 1. The molecule has 3 aliphatic heterocycles. The van der Waals surface area contributed by atoms with Gasteiger partial charge in [-0.2, -0.15) is 0 Å². The van der Waals surface area contributed by atoms with Crippen LogP contribution in [0.5, 0.6) is 0 Å². The summed E-state index contributed by atoms with van der Waals surface area (Å²) in [4.78, 5) is 65.2. The number of hydrogen-bond donors (Lipinski definition) is 2. The van der Waals surface area contributed by atoms with Crippen LogP contribution < -0.4 is 10.6 Å². The minimum absolute atomic E-state index is 0.118. The monoisotopic (exact) mass is 440 g/mol. The van der Waals surface area contributed by atoms with E-state index >= 15 is 0 Å². The van der Waals surface area contributed by atoms with Crippen LogP contribution in [0.15, 0.2) is 36.0 Å². The van der Waals surface area contributed by atoms with Crippen LogP contribution in [0, 0.1) is 11.8 Å². The van der Waals surface area contributed by atoms with Gasteiger partial charge in [0.1, 0.15) is 11.7 Å². The van der Waals surface area contributed by atoms with E-state index in [0.29, 0.717) is 11.3 Å².